The first-order valence-corrected chi connectivity index (χ1v) is 12.9. The molecule has 1 saturated heterocycles. The van der Waals surface area contributed by atoms with Crippen molar-refractivity contribution in [2.24, 2.45) is 0 Å². The molecule has 0 spiro atoms. The first-order chi connectivity index (χ1) is 17.5. The lowest BCUT2D eigenvalue weighted by Crippen LogP contribution is -2.33. The number of carbonyl (C=O) groups is 1. The topological polar surface area (TPSA) is 72.9 Å². The molecule has 2 aliphatic heterocycles. The molecular weight excluding hydrogens is 461 g/mol. The molecule has 2 aromatic rings. The highest BCUT2D eigenvalue weighted by Crippen LogP contribution is 2.34. The second kappa shape index (κ2) is 12.5. The zero-order chi connectivity index (χ0) is 25.4. The molecule has 2 aliphatic rings. The van der Waals surface area contributed by atoms with Crippen LogP contribution in [0.3, 0.4) is 0 Å². The average molecular weight is 500 g/mol. The van der Waals surface area contributed by atoms with E-state index in [1.54, 1.807) is 7.11 Å². The molecule has 0 unspecified atom stereocenters. The summed E-state index contributed by atoms with van der Waals surface area (Å²) in [5, 5.41) is 3.36. The average Bonchev–Trinajstić information content (AvgIpc) is 3.28. The number of anilines is 1. The van der Waals surface area contributed by atoms with Gasteiger partial charge in [0.2, 0.25) is 0 Å². The highest BCUT2D eigenvalue weighted by molar-refractivity contribution is 5.70. The molecule has 0 amide bonds. The molecule has 36 heavy (non-hydrogen) atoms. The quantitative estimate of drug-likeness (QED) is 0.347. The van der Waals surface area contributed by atoms with Gasteiger partial charge >= 0.3 is 5.97 Å². The standard InChI is InChI=1S/C28H38FN3O4/c1-34-15-16-36-25-7-3-5-22(17-25)23(18-26(33)35-2)19-32-14-12-28(29,20-32)11-10-24-9-8-21-6-4-13-30-27(21)31-24/h3,5,7-9,17,23H,4,6,10-16,18-20H2,1-2H3,(H,30,31)/t23-,28+/m1/s1. The summed E-state index contributed by atoms with van der Waals surface area (Å²) in [6.45, 7) is 3.51. The Morgan fingerprint density at radius 3 is 2.97 bits per heavy atom. The van der Waals surface area contributed by atoms with Crippen LogP contribution in [0.25, 0.3) is 0 Å². The molecule has 1 N–H and O–H groups in total. The Hall–Kier alpha value is -2.71. The predicted octanol–water partition coefficient (Wildman–Crippen LogP) is 4.16. The van der Waals surface area contributed by atoms with Gasteiger partial charge < -0.3 is 19.5 Å². The highest BCUT2D eigenvalue weighted by atomic mass is 19.1. The van der Waals surface area contributed by atoms with E-state index >= 15 is 4.39 Å². The molecule has 3 heterocycles. The number of likely N-dealkylation sites (tertiary alicyclic amines) is 1. The number of rotatable bonds is 12. The van der Waals surface area contributed by atoms with Crippen LogP contribution in [0.1, 0.15) is 48.4 Å². The minimum atomic E-state index is -1.26. The number of esters is 1. The number of hydrogen-bond acceptors (Lipinski definition) is 7. The van der Waals surface area contributed by atoms with Crippen molar-refractivity contribution in [1.82, 2.24) is 9.88 Å². The van der Waals surface area contributed by atoms with Gasteiger partial charge in [-0.25, -0.2) is 9.37 Å². The lowest BCUT2D eigenvalue weighted by Gasteiger charge is -2.25. The van der Waals surface area contributed by atoms with Crippen molar-refractivity contribution in [2.45, 2.75) is 50.1 Å². The number of alkyl halides is 1. The van der Waals surface area contributed by atoms with Gasteiger partial charge in [0.05, 0.1) is 20.1 Å². The maximum absolute atomic E-state index is 15.8. The van der Waals surface area contributed by atoms with Crippen LogP contribution < -0.4 is 10.1 Å². The molecule has 1 aromatic carbocycles. The Morgan fingerprint density at radius 1 is 1.25 bits per heavy atom. The number of hydrogen-bond donors (Lipinski definition) is 1. The van der Waals surface area contributed by atoms with E-state index in [1.165, 1.54) is 12.7 Å². The maximum atomic E-state index is 15.8. The van der Waals surface area contributed by atoms with Crippen LogP contribution >= 0.6 is 0 Å². The molecular formula is C28H38FN3O4. The number of methoxy groups -OCH3 is 2. The number of aryl methyl sites for hydroxylation is 2. The van der Waals surface area contributed by atoms with Gasteiger partial charge in [0.1, 0.15) is 23.8 Å². The van der Waals surface area contributed by atoms with Crippen LogP contribution in [-0.2, 0) is 27.1 Å². The Kier molecular flexibility index (Phi) is 9.15. The monoisotopic (exact) mass is 499 g/mol. The number of benzene rings is 1. The fraction of sp³-hybridized carbons (Fsp3) is 0.571. The van der Waals surface area contributed by atoms with Crippen molar-refractivity contribution in [1.29, 1.82) is 0 Å². The lowest BCUT2D eigenvalue weighted by atomic mass is 9.94. The molecule has 196 valence electrons. The van der Waals surface area contributed by atoms with E-state index < -0.39 is 5.67 Å². The minimum absolute atomic E-state index is 0.112. The number of carbonyl (C=O) groups excluding carboxylic acids is 1. The molecule has 0 aliphatic carbocycles. The van der Waals surface area contributed by atoms with E-state index in [0.717, 1.165) is 42.2 Å². The number of ether oxygens (including phenoxy) is 3. The Labute approximate surface area is 213 Å². The summed E-state index contributed by atoms with van der Waals surface area (Å²) in [5.74, 6) is 1.30. The number of pyridine rings is 1. The van der Waals surface area contributed by atoms with E-state index in [4.69, 9.17) is 19.2 Å². The number of fused-ring (bicyclic) bond motifs is 1. The van der Waals surface area contributed by atoms with Gasteiger partial charge in [0, 0.05) is 44.9 Å². The van der Waals surface area contributed by atoms with Crippen molar-refractivity contribution in [3.05, 3.63) is 53.2 Å². The molecule has 2 atom stereocenters. The summed E-state index contributed by atoms with van der Waals surface area (Å²) in [6, 6.07) is 11.9. The zero-order valence-corrected chi connectivity index (χ0v) is 21.4. The third kappa shape index (κ3) is 7.17. The van der Waals surface area contributed by atoms with Crippen LogP contribution in [0.5, 0.6) is 5.75 Å². The highest BCUT2D eigenvalue weighted by Gasteiger charge is 2.39. The molecule has 1 fully saturated rings. The van der Waals surface area contributed by atoms with Gasteiger partial charge in [-0.2, -0.15) is 0 Å². The predicted molar refractivity (Wildman–Crippen MR) is 137 cm³/mol. The normalized spacial score (nSPS) is 20.4. The van der Waals surface area contributed by atoms with Gasteiger partial charge in [-0.1, -0.05) is 18.2 Å². The smallest absolute Gasteiger partial charge is 0.306 e. The van der Waals surface area contributed by atoms with Crippen LogP contribution in [0.4, 0.5) is 10.2 Å². The van der Waals surface area contributed by atoms with E-state index in [1.807, 2.05) is 30.3 Å². The fourth-order valence-corrected chi connectivity index (χ4v) is 5.12. The maximum Gasteiger partial charge on any atom is 0.306 e. The molecule has 0 bridgehead atoms. The van der Waals surface area contributed by atoms with Gasteiger partial charge in [0.25, 0.3) is 0 Å². The van der Waals surface area contributed by atoms with Crippen LogP contribution in [0, 0.1) is 0 Å². The summed E-state index contributed by atoms with van der Waals surface area (Å²) in [6.07, 6.45) is 3.96. The van der Waals surface area contributed by atoms with Gasteiger partial charge in [-0.3, -0.25) is 9.69 Å². The Morgan fingerprint density at radius 2 is 2.14 bits per heavy atom. The van der Waals surface area contributed by atoms with Crippen molar-refractivity contribution >= 4 is 11.8 Å². The summed E-state index contributed by atoms with van der Waals surface area (Å²) in [7, 11) is 3.03. The Balaban J connectivity index is 1.37. The molecule has 7 nitrogen and oxygen atoms in total. The third-order valence-electron chi connectivity index (χ3n) is 7.17. The Bertz CT molecular complexity index is 1020. The van der Waals surface area contributed by atoms with Crippen LogP contribution in [-0.4, -0.2) is 75.1 Å². The van der Waals surface area contributed by atoms with Crippen molar-refractivity contribution in [3.8, 4) is 5.75 Å². The molecule has 4 rings (SSSR count). The van der Waals surface area contributed by atoms with E-state index in [0.29, 0.717) is 52.1 Å². The molecule has 0 saturated carbocycles. The first kappa shape index (κ1) is 26.4. The van der Waals surface area contributed by atoms with Gasteiger partial charge in [-0.15, -0.1) is 0 Å². The second-order valence-electron chi connectivity index (χ2n) is 9.87. The third-order valence-corrected chi connectivity index (χ3v) is 7.17. The fourth-order valence-electron chi connectivity index (χ4n) is 5.12. The molecule has 8 heteroatoms. The minimum Gasteiger partial charge on any atom is -0.491 e. The van der Waals surface area contributed by atoms with Crippen LogP contribution in [0.15, 0.2) is 36.4 Å². The number of aromatic nitrogens is 1. The van der Waals surface area contributed by atoms with E-state index in [2.05, 4.69) is 16.3 Å². The number of nitrogens with zero attached hydrogens (tertiary/aromatic N) is 2. The second-order valence-corrected chi connectivity index (χ2v) is 9.87. The number of nitrogens with one attached hydrogen (secondary N) is 1. The summed E-state index contributed by atoms with van der Waals surface area (Å²) >= 11 is 0. The number of halogens is 1. The van der Waals surface area contributed by atoms with Gasteiger partial charge in [0.15, 0.2) is 0 Å². The van der Waals surface area contributed by atoms with Gasteiger partial charge in [-0.05, 0) is 61.4 Å². The van der Waals surface area contributed by atoms with E-state index in [9.17, 15) is 4.79 Å². The van der Waals surface area contributed by atoms with Crippen molar-refractivity contribution < 1.29 is 23.4 Å². The first-order valence-electron chi connectivity index (χ1n) is 12.9. The van der Waals surface area contributed by atoms with Crippen molar-refractivity contribution in [3.63, 3.8) is 0 Å². The molecule has 0 radical (unpaired) electrons. The zero-order valence-electron chi connectivity index (χ0n) is 21.4. The van der Waals surface area contributed by atoms with Crippen molar-refractivity contribution in [2.75, 3.05) is 58.9 Å². The summed E-state index contributed by atoms with van der Waals surface area (Å²) in [4.78, 5) is 19.0. The summed E-state index contributed by atoms with van der Waals surface area (Å²) in [5.41, 5.74) is 1.91. The lowest BCUT2D eigenvalue weighted by molar-refractivity contribution is -0.141. The SMILES string of the molecule is COCCOc1cccc([C@H](CC(=O)OC)CN2CC[C@@](F)(CCc3ccc4c(n3)NCCC4)C2)c1. The van der Waals surface area contributed by atoms with E-state index in [-0.39, 0.29) is 18.3 Å². The molecule has 1 aromatic heterocycles. The summed E-state index contributed by atoms with van der Waals surface area (Å²) < 4.78 is 31.6. The largest absolute Gasteiger partial charge is 0.491 e. The van der Waals surface area contributed by atoms with Crippen LogP contribution in [0.2, 0.25) is 0 Å².